The summed E-state index contributed by atoms with van der Waals surface area (Å²) in [6.07, 6.45) is -0.350. The topological polar surface area (TPSA) is 41.6 Å². The van der Waals surface area contributed by atoms with Gasteiger partial charge in [-0.05, 0) is 32.5 Å². The molecule has 1 unspecified atom stereocenters. The molecule has 4 nitrogen and oxygen atoms in total. The van der Waals surface area contributed by atoms with E-state index in [0.29, 0.717) is 13.2 Å². The molecule has 1 aromatic carbocycles. The Bertz CT molecular complexity index is 399. The molecule has 0 bridgehead atoms. The van der Waals surface area contributed by atoms with E-state index in [1.165, 1.54) is 11.1 Å². The quantitative estimate of drug-likeness (QED) is 0.833. The van der Waals surface area contributed by atoms with E-state index in [4.69, 9.17) is 4.74 Å². The summed E-state index contributed by atoms with van der Waals surface area (Å²) >= 11 is 0. The van der Waals surface area contributed by atoms with Gasteiger partial charge >= 0.3 is 6.09 Å². The highest BCUT2D eigenvalue weighted by atomic mass is 16.5. The molecule has 0 aliphatic heterocycles. The molecule has 0 spiro atoms. The Labute approximate surface area is 122 Å². The van der Waals surface area contributed by atoms with E-state index in [9.17, 15) is 4.79 Å². The van der Waals surface area contributed by atoms with Crippen LogP contribution in [0.2, 0.25) is 0 Å². The normalized spacial score (nSPS) is 12.2. The third-order valence-corrected chi connectivity index (χ3v) is 3.43. The van der Waals surface area contributed by atoms with Crippen molar-refractivity contribution in [1.82, 2.24) is 10.2 Å². The number of likely N-dealkylation sites (N-methyl/N-ethyl adjacent to an activating group) is 1. The van der Waals surface area contributed by atoms with Crippen molar-refractivity contribution in [3.8, 4) is 0 Å². The highest BCUT2D eigenvalue weighted by Gasteiger charge is 2.18. The third kappa shape index (κ3) is 4.85. The minimum absolute atomic E-state index is 0.176. The smallest absolute Gasteiger partial charge is 0.407 e. The van der Waals surface area contributed by atoms with Gasteiger partial charge in [-0.15, -0.1) is 0 Å². The van der Waals surface area contributed by atoms with Gasteiger partial charge in [-0.2, -0.15) is 0 Å². The van der Waals surface area contributed by atoms with Crippen molar-refractivity contribution in [2.75, 3.05) is 26.2 Å². The molecule has 0 aliphatic rings. The number of alkyl carbamates (subject to hydrolysis) is 1. The lowest BCUT2D eigenvalue weighted by molar-refractivity contribution is 0.144. The first-order chi connectivity index (χ1) is 9.62. The van der Waals surface area contributed by atoms with Crippen molar-refractivity contribution >= 4 is 6.09 Å². The number of hydrogen-bond donors (Lipinski definition) is 1. The first-order valence-electron chi connectivity index (χ1n) is 7.33. The van der Waals surface area contributed by atoms with Gasteiger partial charge in [-0.1, -0.05) is 43.7 Å². The highest BCUT2D eigenvalue weighted by Crippen LogP contribution is 2.20. The number of rotatable bonds is 7. The summed E-state index contributed by atoms with van der Waals surface area (Å²) in [5.41, 5.74) is 2.46. The van der Waals surface area contributed by atoms with Crippen molar-refractivity contribution in [1.29, 1.82) is 0 Å². The maximum Gasteiger partial charge on any atom is 0.407 e. The minimum Gasteiger partial charge on any atom is -0.450 e. The standard InChI is InChI=1S/C16H26N2O2/c1-5-18(6-2)15(12-17-16(19)20-7-3)14-10-8-13(4)9-11-14/h8-11,15H,5-7,12H2,1-4H3,(H,17,19). The van der Waals surface area contributed by atoms with Crippen LogP contribution in [0.5, 0.6) is 0 Å². The molecule has 0 aromatic heterocycles. The van der Waals surface area contributed by atoms with Crippen LogP contribution in [0.4, 0.5) is 4.79 Å². The fraction of sp³-hybridized carbons (Fsp3) is 0.562. The van der Waals surface area contributed by atoms with E-state index in [1.54, 1.807) is 6.92 Å². The Morgan fingerprint density at radius 3 is 2.30 bits per heavy atom. The zero-order valence-electron chi connectivity index (χ0n) is 13.0. The first-order valence-corrected chi connectivity index (χ1v) is 7.33. The van der Waals surface area contributed by atoms with Gasteiger partial charge in [0, 0.05) is 6.54 Å². The zero-order valence-corrected chi connectivity index (χ0v) is 13.0. The molecule has 0 saturated carbocycles. The van der Waals surface area contributed by atoms with Gasteiger partial charge in [0.2, 0.25) is 0 Å². The number of nitrogens with one attached hydrogen (secondary N) is 1. The number of amides is 1. The summed E-state index contributed by atoms with van der Waals surface area (Å²) in [7, 11) is 0. The van der Waals surface area contributed by atoms with Crippen molar-refractivity contribution < 1.29 is 9.53 Å². The van der Waals surface area contributed by atoms with Crippen molar-refractivity contribution in [2.45, 2.75) is 33.7 Å². The lowest BCUT2D eigenvalue weighted by Gasteiger charge is -2.30. The average Bonchev–Trinajstić information content (AvgIpc) is 2.45. The van der Waals surface area contributed by atoms with Gasteiger partial charge in [-0.25, -0.2) is 4.79 Å². The molecule has 112 valence electrons. The van der Waals surface area contributed by atoms with Crippen LogP contribution in [-0.4, -0.2) is 37.2 Å². The van der Waals surface area contributed by atoms with E-state index >= 15 is 0 Å². The SMILES string of the molecule is CCOC(=O)NCC(c1ccc(C)cc1)N(CC)CC. The van der Waals surface area contributed by atoms with Gasteiger partial charge in [0.05, 0.1) is 12.6 Å². The van der Waals surface area contributed by atoms with Crippen molar-refractivity contribution in [3.05, 3.63) is 35.4 Å². The van der Waals surface area contributed by atoms with Crippen LogP contribution in [0.1, 0.15) is 37.9 Å². The predicted molar refractivity (Wildman–Crippen MR) is 81.9 cm³/mol. The Kier molecular flexibility index (Phi) is 7.09. The molecule has 4 heteroatoms. The van der Waals surface area contributed by atoms with Gasteiger partial charge in [-0.3, -0.25) is 4.90 Å². The molecule has 1 aromatic rings. The minimum atomic E-state index is -0.350. The van der Waals surface area contributed by atoms with Gasteiger partial charge in [0.25, 0.3) is 0 Å². The summed E-state index contributed by atoms with van der Waals surface area (Å²) in [6.45, 7) is 11.0. The lowest BCUT2D eigenvalue weighted by atomic mass is 10.0. The van der Waals surface area contributed by atoms with Crippen LogP contribution in [0.3, 0.4) is 0 Å². The van der Waals surface area contributed by atoms with Gasteiger partial charge in [0.1, 0.15) is 0 Å². The van der Waals surface area contributed by atoms with Crippen molar-refractivity contribution in [3.63, 3.8) is 0 Å². The van der Waals surface area contributed by atoms with Crippen LogP contribution in [0.25, 0.3) is 0 Å². The molecule has 0 saturated heterocycles. The maximum absolute atomic E-state index is 11.5. The number of benzene rings is 1. The maximum atomic E-state index is 11.5. The van der Waals surface area contributed by atoms with Gasteiger partial charge < -0.3 is 10.1 Å². The summed E-state index contributed by atoms with van der Waals surface area (Å²) in [5, 5.41) is 2.84. The van der Waals surface area contributed by atoms with E-state index < -0.39 is 0 Å². The average molecular weight is 278 g/mol. The molecule has 1 N–H and O–H groups in total. The number of hydrogen-bond acceptors (Lipinski definition) is 3. The number of nitrogens with zero attached hydrogens (tertiary/aromatic N) is 1. The second kappa shape index (κ2) is 8.59. The Morgan fingerprint density at radius 1 is 1.20 bits per heavy atom. The first kappa shape index (κ1) is 16.5. The Hall–Kier alpha value is -1.55. The molecule has 0 heterocycles. The molecule has 1 rings (SSSR count). The van der Waals surface area contributed by atoms with E-state index in [2.05, 4.69) is 55.3 Å². The van der Waals surface area contributed by atoms with Crippen LogP contribution in [-0.2, 0) is 4.74 Å². The molecule has 1 amide bonds. The summed E-state index contributed by atoms with van der Waals surface area (Å²) in [5.74, 6) is 0. The van der Waals surface area contributed by atoms with Crippen molar-refractivity contribution in [2.24, 2.45) is 0 Å². The second-order valence-electron chi connectivity index (χ2n) is 4.75. The summed E-state index contributed by atoms with van der Waals surface area (Å²) in [6, 6.07) is 8.65. The fourth-order valence-electron chi connectivity index (χ4n) is 2.27. The second-order valence-corrected chi connectivity index (χ2v) is 4.75. The predicted octanol–water partition coefficient (Wildman–Crippen LogP) is 3.12. The van der Waals surface area contributed by atoms with E-state index in [0.717, 1.165) is 13.1 Å². The Balaban J connectivity index is 2.79. The molecule has 0 fully saturated rings. The van der Waals surface area contributed by atoms with Gasteiger partial charge in [0.15, 0.2) is 0 Å². The van der Waals surface area contributed by atoms with Crippen LogP contribution in [0.15, 0.2) is 24.3 Å². The molecular weight excluding hydrogens is 252 g/mol. The molecule has 0 radical (unpaired) electrons. The molecular formula is C16H26N2O2. The number of ether oxygens (including phenoxy) is 1. The molecule has 0 aliphatic carbocycles. The lowest BCUT2D eigenvalue weighted by Crippen LogP contribution is -2.38. The summed E-state index contributed by atoms with van der Waals surface area (Å²) < 4.78 is 4.93. The number of aryl methyl sites for hydroxylation is 1. The Morgan fingerprint density at radius 2 is 1.80 bits per heavy atom. The molecule has 20 heavy (non-hydrogen) atoms. The largest absolute Gasteiger partial charge is 0.450 e. The van der Waals surface area contributed by atoms with E-state index in [-0.39, 0.29) is 12.1 Å². The highest BCUT2D eigenvalue weighted by molar-refractivity contribution is 5.67. The number of carbonyl (C=O) groups is 1. The summed E-state index contributed by atoms with van der Waals surface area (Å²) in [4.78, 5) is 13.8. The zero-order chi connectivity index (χ0) is 15.0. The third-order valence-electron chi connectivity index (χ3n) is 3.43. The number of carbonyl (C=O) groups excluding carboxylic acids is 1. The monoisotopic (exact) mass is 278 g/mol. The van der Waals surface area contributed by atoms with Crippen LogP contribution < -0.4 is 5.32 Å². The van der Waals surface area contributed by atoms with Crippen LogP contribution >= 0.6 is 0 Å². The van der Waals surface area contributed by atoms with Crippen LogP contribution in [0, 0.1) is 6.92 Å². The van der Waals surface area contributed by atoms with E-state index in [1.807, 2.05) is 0 Å². The molecule has 1 atom stereocenters. The fourth-order valence-corrected chi connectivity index (χ4v) is 2.27.